The number of aromatic amines is 1. The molecule has 7 rings (SSSR count). The Kier molecular flexibility index (Phi) is 7.94. The fourth-order valence-corrected chi connectivity index (χ4v) is 7.53. The number of hydrogen-bond acceptors (Lipinski definition) is 8. The molecule has 1 N–H and O–H groups in total. The molecule has 0 radical (unpaired) electrons. The van der Waals surface area contributed by atoms with Crippen LogP contribution in [0.15, 0.2) is 37.1 Å². The summed E-state index contributed by atoms with van der Waals surface area (Å²) >= 11 is 7.02. The molecule has 1 amide bonds. The number of fused-ring (bicyclic) bond motifs is 2. The third-order valence-corrected chi connectivity index (χ3v) is 9.97. The summed E-state index contributed by atoms with van der Waals surface area (Å²) in [6, 6.07) is 5.62. The number of hydrogen-bond donors (Lipinski definition) is 1. The van der Waals surface area contributed by atoms with Gasteiger partial charge in [-0.1, -0.05) is 24.2 Å². The minimum atomic E-state index is -4.62. The van der Waals surface area contributed by atoms with Crippen LogP contribution in [0, 0.1) is 12.3 Å². The van der Waals surface area contributed by atoms with Gasteiger partial charge < -0.3 is 24.2 Å². The van der Waals surface area contributed by atoms with Crippen molar-refractivity contribution in [1.82, 2.24) is 30.0 Å². The number of rotatable bonds is 8. The number of aryl methyl sites for hydroxylation is 1. The summed E-state index contributed by atoms with van der Waals surface area (Å²) in [7, 11) is 2.03. The second-order valence-electron chi connectivity index (χ2n) is 12.9. The van der Waals surface area contributed by atoms with Crippen molar-refractivity contribution in [3.8, 4) is 22.9 Å². The first-order valence-electron chi connectivity index (χ1n) is 15.6. The molecule has 3 fully saturated rings. The SMILES string of the molecule is C=CC(=O)N1CC2(CCN(c3nc(OCC4CCCN4C)nc4c(OCC(F)(F)F)c(-c5c(C)ccc6[nH]ncc56)c(Cl)cc34)C2)C1. The van der Waals surface area contributed by atoms with Gasteiger partial charge in [-0.05, 0) is 63.6 Å². The molecule has 248 valence electrons. The first-order valence-corrected chi connectivity index (χ1v) is 16.0. The Morgan fingerprint density at radius 1 is 1.17 bits per heavy atom. The van der Waals surface area contributed by atoms with Crippen LogP contribution in [0.4, 0.5) is 19.0 Å². The number of halogens is 4. The average molecular weight is 670 g/mol. The number of ether oxygens (including phenoxy) is 2. The van der Waals surface area contributed by atoms with Gasteiger partial charge in [-0.2, -0.15) is 28.2 Å². The summed E-state index contributed by atoms with van der Waals surface area (Å²) in [6.07, 6.45) is 1.13. The maximum absolute atomic E-state index is 13.8. The molecule has 0 bridgehead atoms. The van der Waals surface area contributed by atoms with Gasteiger partial charge >= 0.3 is 12.2 Å². The van der Waals surface area contributed by atoms with Crippen molar-refractivity contribution in [2.24, 2.45) is 5.41 Å². The van der Waals surface area contributed by atoms with Gasteiger partial charge in [0.05, 0.1) is 16.7 Å². The number of nitrogens with one attached hydrogen (secondary N) is 1. The lowest BCUT2D eigenvalue weighted by atomic mass is 9.79. The van der Waals surface area contributed by atoms with E-state index in [0.29, 0.717) is 60.5 Å². The Balaban J connectivity index is 1.38. The number of nitrogens with zero attached hydrogens (tertiary/aromatic N) is 6. The van der Waals surface area contributed by atoms with Gasteiger partial charge in [0.1, 0.15) is 17.9 Å². The molecule has 2 aromatic heterocycles. The molecule has 1 spiro atoms. The molecule has 1 atom stereocenters. The van der Waals surface area contributed by atoms with Crippen LogP contribution in [-0.4, -0.2) is 101 Å². The monoisotopic (exact) mass is 669 g/mol. The molecule has 1 unspecified atom stereocenters. The lowest BCUT2D eigenvalue weighted by Crippen LogP contribution is -2.59. The van der Waals surface area contributed by atoms with E-state index in [1.54, 1.807) is 17.2 Å². The zero-order chi connectivity index (χ0) is 33.1. The topological polar surface area (TPSA) is 99.7 Å². The predicted octanol–water partition coefficient (Wildman–Crippen LogP) is 5.77. The number of H-pyrrole nitrogens is 1. The predicted molar refractivity (Wildman–Crippen MR) is 173 cm³/mol. The van der Waals surface area contributed by atoms with Gasteiger partial charge in [0.25, 0.3) is 0 Å². The van der Waals surface area contributed by atoms with Crippen LogP contribution >= 0.6 is 11.6 Å². The van der Waals surface area contributed by atoms with E-state index in [9.17, 15) is 18.0 Å². The van der Waals surface area contributed by atoms with Gasteiger partial charge in [0.2, 0.25) is 5.91 Å². The summed E-state index contributed by atoms with van der Waals surface area (Å²) in [4.78, 5) is 27.8. The normalized spacial score (nSPS) is 19.6. The van der Waals surface area contributed by atoms with E-state index in [4.69, 9.17) is 31.0 Å². The molecule has 3 aliphatic heterocycles. The fourth-order valence-electron chi connectivity index (χ4n) is 7.24. The highest BCUT2D eigenvalue weighted by atomic mass is 35.5. The van der Waals surface area contributed by atoms with Gasteiger partial charge in [0.15, 0.2) is 12.4 Å². The molecule has 0 saturated carbocycles. The van der Waals surface area contributed by atoms with Crippen molar-refractivity contribution in [1.29, 1.82) is 0 Å². The quantitative estimate of drug-likeness (QED) is 0.236. The molecule has 10 nitrogen and oxygen atoms in total. The van der Waals surface area contributed by atoms with E-state index in [1.807, 2.05) is 26.1 Å². The zero-order valence-corrected chi connectivity index (χ0v) is 26.9. The van der Waals surface area contributed by atoms with E-state index in [1.165, 1.54) is 6.08 Å². The van der Waals surface area contributed by atoms with Crippen LogP contribution in [0.5, 0.6) is 11.8 Å². The Bertz CT molecular complexity index is 1870. The third kappa shape index (κ3) is 5.84. The van der Waals surface area contributed by atoms with Crippen molar-refractivity contribution < 1.29 is 27.4 Å². The van der Waals surface area contributed by atoms with E-state index in [0.717, 1.165) is 31.4 Å². The minimum absolute atomic E-state index is 0.0502. The molecule has 4 aromatic rings. The van der Waals surface area contributed by atoms with Gasteiger partial charge in [-0.3, -0.25) is 9.89 Å². The van der Waals surface area contributed by atoms with Crippen LogP contribution in [0.3, 0.4) is 0 Å². The van der Waals surface area contributed by atoms with Crippen LogP contribution < -0.4 is 14.4 Å². The fraction of sp³-hybridized carbons (Fsp3) is 0.455. The molecular formula is C33H35ClF3N7O3. The van der Waals surface area contributed by atoms with E-state index in [-0.39, 0.29) is 45.2 Å². The first-order chi connectivity index (χ1) is 22.4. The number of anilines is 1. The molecule has 2 aromatic carbocycles. The molecule has 3 aliphatic rings. The van der Waals surface area contributed by atoms with E-state index < -0.39 is 12.8 Å². The van der Waals surface area contributed by atoms with Gasteiger partial charge in [-0.25, -0.2) is 0 Å². The number of amides is 1. The van der Waals surface area contributed by atoms with Crippen LogP contribution in [-0.2, 0) is 4.79 Å². The highest BCUT2D eigenvalue weighted by Crippen LogP contribution is 2.49. The molecule has 3 saturated heterocycles. The molecule has 0 aliphatic carbocycles. The summed E-state index contributed by atoms with van der Waals surface area (Å²) in [6.45, 7) is 7.59. The standard InChI is InChI=1S/C33H35ClF3N7O3/c1-4-25(45)44-16-32(17-44)9-11-43(15-32)30-21-12-23(34)27(26-19(2)7-8-24-22(26)13-38-41-24)29(47-18-33(35,36)37)28(21)39-31(40-30)46-14-20-6-5-10-42(20)3/h4,7-8,12-13,20H,1,5-6,9-11,14-18H2,2-3H3,(H,38,41). The van der Waals surface area contributed by atoms with Crippen LogP contribution in [0.1, 0.15) is 24.8 Å². The Hall–Kier alpha value is -4.10. The molecular weight excluding hydrogens is 635 g/mol. The average Bonchev–Trinajstić information content (AvgIpc) is 3.77. The minimum Gasteiger partial charge on any atom is -0.481 e. The van der Waals surface area contributed by atoms with Crippen molar-refractivity contribution in [2.75, 3.05) is 57.9 Å². The Morgan fingerprint density at radius 3 is 2.70 bits per heavy atom. The Labute approximate surface area is 274 Å². The number of carbonyl (C=O) groups is 1. The maximum Gasteiger partial charge on any atom is 0.422 e. The van der Waals surface area contributed by atoms with E-state index >= 15 is 0 Å². The second-order valence-corrected chi connectivity index (χ2v) is 13.3. The number of carbonyl (C=O) groups excluding carboxylic acids is 1. The summed E-state index contributed by atoms with van der Waals surface area (Å²) in [5.74, 6) is 0.287. The summed E-state index contributed by atoms with van der Waals surface area (Å²) in [5.41, 5.74) is 2.40. The third-order valence-electron chi connectivity index (χ3n) is 9.67. The zero-order valence-electron chi connectivity index (χ0n) is 26.2. The highest BCUT2D eigenvalue weighted by Gasteiger charge is 2.49. The number of likely N-dealkylation sites (N-methyl/N-ethyl adjacent to an activating group) is 1. The smallest absolute Gasteiger partial charge is 0.422 e. The van der Waals surface area contributed by atoms with Crippen LogP contribution in [0.2, 0.25) is 5.02 Å². The van der Waals surface area contributed by atoms with Crippen molar-refractivity contribution in [2.45, 2.75) is 38.4 Å². The summed E-state index contributed by atoms with van der Waals surface area (Å²) < 4.78 is 53.1. The van der Waals surface area contributed by atoms with E-state index in [2.05, 4.69) is 26.6 Å². The lowest BCUT2D eigenvalue weighted by molar-refractivity contribution is -0.153. The highest BCUT2D eigenvalue weighted by molar-refractivity contribution is 6.35. The Morgan fingerprint density at radius 2 is 1.98 bits per heavy atom. The van der Waals surface area contributed by atoms with Crippen molar-refractivity contribution in [3.05, 3.63) is 47.6 Å². The number of aromatic nitrogens is 4. The number of likely N-dealkylation sites (tertiary alicyclic amines) is 2. The molecule has 14 heteroatoms. The van der Waals surface area contributed by atoms with Crippen LogP contribution in [0.25, 0.3) is 32.9 Å². The first kappa shape index (κ1) is 31.5. The van der Waals surface area contributed by atoms with Crippen molar-refractivity contribution in [3.63, 3.8) is 0 Å². The maximum atomic E-state index is 13.8. The summed E-state index contributed by atoms with van der Waals surface area (Å²) in [5, 5.41) is 8.41. The van der Waals surface area contributed by atoms with Gasteiger partial charge in [-0.15, -0.1) is 0 Å². The van der Waals surface area contributed by atoms with Gasteiger partial charge in [0, 0.05) is 59.5 Å². The number of alkyl halides is 3. The van der Waals surface area contributed by atoms with Crippen molar-refractivity contribution >= 4 is 45.1 Å². The molecule has 47 heavy (non-hydrogen) atoms. The lowest BCUT2D eigenvalue weighted by Gasteiger charge is -2.47. The largest absolute Gasteiger partial charge is 0.481 e. The molecule has 5 heterocycles. The number of benzene rings is 2. The second kappa shape index (κ2) is 11.9.